The van der Waals surface area contributed by atoms with E-state index in [2.05, 4.69) is 4.74 Å². The van der Waals surface area contributed by atoms with Crippen LogP contribution in [0.5, 0.6) is 0 Å². The SMILES string of the molecule is COCC(=O)O[C@@H](/C=C/C(F)(F)F)CCOCc1ccccc1. The van der Waals surface area contributed by atoms with Crippen LogP contribution in [0.25, 0.3) is 0 Å². The lowest BCUT2D eigenvalue weighted by Crippen LogP contribution is -2.21. The van der Waals surface area contributed by atoms with Gasteiger partial charge < -0.3 is 14.2 Å². The third-order valence-corrected chi connectivity index (χ3v) is 2.70. The van der Waals surface area contributed by atoms with Crippen LogP contribution >= 0.6 is 0 Å². The van der Waals surface area contributed by atoms with E-state index < -0.39 is 18.2 Å². The van der Waals surface area contributed by atoms with Crippen LogP contribution in [-0.2, 0) is 25.6 Å². The van der Waals surface area contributed by atoms with Gasteiger partial charge in [0.15, 0.2) is 0 Å². The van der Waals surface area contributed by atoms with Crippen molar-refractivity contribution in [3.8, 4) is 0 Å². The Kier molecular flexibility index (Phi) is 8.36. The van der Waals surface area contributed by atoms with Crippen LogP contribution in [0.3, 0.4) is 0 Å². The molecule has 1 aromatic rings. The van der Waals surface area contributed by atoms with Crippen LogP contribution in [0.4, 0.5) is 13.2 Å². The molecule has 0 spiro atoms. The number of hydrogen-bond acceptors (Lipinski definition) is 4. The van der Waals surface area contributed by atoms with Crippen molar-refractivity contribution in [3.05, 3.63) is 48.0 Å². The molecule has 128 valence electrons. The summed E-state index contributed by atoms with van der Waals surface area (Å²) in [5, 5.41) is 0. The summed E-state index contributed by atoms with van der Waals surface area (Å²) in [6, 6.07) is 9.34. The zero-order chi connectivity index (χ0) is 17.1. The lowest BCUT2D eigenvalue weighted by atomic mass is 10.2. The highest BCUT2D eigenvalue weighted by Crippen LogP contribution is 2.17. The summed E-state index contributed by atoms with van der Waals surface area (Å²) < 4.78 is 51.6. The highest BCUT2D eigenvalue weighted by molar-refractivity contribution is 5.71. The van der Waals surface area contributed by atoms with Gasteiger partial charge in [0.2, 0.25) is 0 Å². The number of esters is 1. The topological polar surface area (TPSA) is 44.8 Å². The number of ether oxygens (including phenoxy) is 3. The second-order valence-corrected chi connectivity index (χ2v) is 4.69. The number of rotatable bonds is 9. The molecule has 0 bridgehead atoms. The maximum absolute atomic E-state index is 12.2. The van der Waals surface area contributed by atoms with Gasteiger partial charge in [-0.05, 0) is 11.6 Å². The zero-order valence-electron chi connectivity index (χ0n) is 12.7. The van der Waals surface area contributed by atoms with E-state index in [4.69, 9.17) is 9.47 Å². The number of alkyl halides is 3. The van der Waals surface area contributed by atoms with Crippen LogP contribution in [0.15, 0.2) is 42.5 Å². The van der Waals surface area contributed by atoms with Gasteiger partial charge in [0.25, 0.3) is 0 Å². The Bertz CT molecular complexity index is 486. The molecule has 0 saturated heterocycles. The lowest BCUT2D eigenvalue weighted by Gasteiger charge is -2.15. The van der Waals surface area contributed by atoms with Gasteiger partial charge in [0, 0.05) is 19.6 Å². The number of carbonyl (C=O) groups is 1. The van der Waals surface area contributed by atoms with Crippen LogP contribution in [0.1, 0.15) is 12.0 Å². The largest absolute Gasteiger partial charge is 0.456 e. The van der Waals surface area contributed by atoms with Crippen molar-refractivity contribution in [1.29, 1.82) is 0 Å². The minimum atomic E-state index is -4.46. The van der Waals surface area contributed by atoms with Crippen molar-refractivity contribution >= 4 is 5.97 Å². The standard InChI is InChI=1S/C16H19F3O4/c1-21-12-15(20)23-14(7-9-16(17,18)19)8-10-22-11-13-5-3-2-4-6-13/h2-7,9,14H,8,10-12H2,1H3/b9-7+/t14-/m0/s1. The van der Waals surface area contributed by atoms with Crippen molar-refractivity contribution in [1.82, 2.24) is 0 Å². The number of carbonyl (C=O) groups excluding carboxylic acids is 1. The third kappa shape index (κ3) is 9.70. The van der Waals surface area contributed by atoms with E-state index in [1.165, 1.54) is 7.11 Å². The molecule has 0 N–H and O–H groups in total. The molecule has 0 aliphatic rings. The van der Waals surface area contributed by atoms with Gasteiger partial charge in [-0.3, -0.25) is 0 Å². The first-order valence-corrected chi connectivity index (χ1v) is 6.97. The first-order chi connectivity index (χ1) is 10.9. The first-order valence-electron chi connectivity index (χ1n) is 6.97. The molecule has 0 aliphatic heterocycles. The molecule has 1 atom stereocenters. The number of benzene rings is 1. The molecule has 7 heteroatoms. The van der Waals surface area contributed by atoms with E-state index in [1.54, 1.807) is 0 Å². The van der Waals surface area contributed by atoms with Crippen LogP contribution < -0.4 is 0 Å². The molecule has 23 heavy (non-hydrogen) atoms. The minimum Gasteiger partial charge on any atom is -0.456 e. The van der Waals surface area contributed by atoms with E-state index in [-0.39, 0.29) is 25.7 Å². The Labute approximate surface area is 132 Å². The molecular weight excluding hydrogens is 313 g/mol. The van der Waals surface area contributed by atoms with Crippen molar-refractivity contribution in [3.63, 3.8) is 0 Å². The summed E-state index contributed by atoms with van der Waals surface area (Å²) in [5.74, 6) is -0.729. The average molecular weight is 332 g/mol. The number of hydrogen-bond donors (Lipinski definition) is 0. The second-order valence-electron chi connectivity index (χ2n) is 4.69. The molecule has 1 rings (SSSR count). The predicted octanol–water partition coefficient (Wildman–Crippen LogP) is 3.27. The van der Waals surface area contributed by atoms with E-state index in [0.717, 1.165) is 11.6 Å². The lowest BCUT2D eigenvalue weighted by molar-refractivity contribution is -0.152. The molecule has 0 amide bonds. The Balaban J connectivity index is 2.45. The average Bonchev–Trinajstić information content (AvgIpc) is 2.49. The molecule has 0 radical (unpaired) electrons. The Hall–Kier alpha value is -1.86. The van der Waals surface area contributed by atoms with Gasteiger partial charge in [-0.25, -0.2) is 4.79 Å². The summed E-state index contributed by atoms with van der Waals surface area (Å²) in [5.41, 5.74) is 0.950. The van der Waals surface area contributed by atoms with Crippen LogP contribution in [0, 0.1) is 0 Å². The maximum Gasteiger partial charge on any atom is 0.409 e. The Morgan fingerprint density at radius 1 is 1.26 bits per heavy atom. The van der Waals surface area contributed by atoms with Crippen LogP contribution in [0.2, 0.25) is 0 Å². The summed E-state index contributed by atoms with van der Waals surface area (Å²) in [6.07, 6.45) is -4.50. The monoisotopic (exact) mass is 332 g/mol. The fourth-order valence-corrected chi connectivity index (χ4v) is 1.70. The molecule has 0 unspecified atom stereocenters. The minimum absolute atomic E-state index is 0.0505. The molecule has 1 aromatic carbocycles. The highest BCUT2D eigenvalue weighted by Gasteiger charge is 2.23. The third-order valence-electron chi connectivity index (χ3n) is 2.70. The molecule has 0 fully saturated rings. The number of halogens is 3. The molecule has 0 aromatic heterocycles. The normalized spacial score (nSPS) is 13.2. The molecule has 4 nitrogen and oxygen atoms in total. The van der Waals surface area contributed by atoms with E-state index in [0.29, 0.717) is 6.61 Å². The van der Waals surface area contributed by atoms with Crippen LogP contribution in [-0.4, -0.2) is 38.6 Å². The van der Waals surface area contributed by atoms with Crippen molar-refractivity contribution in [2.45, 2.75) is 25.3 Å². The van der Waals surface area contributed by atoms with E-state index >= 15 is 0 Å². The molecular formula is C16H19F3O4. The Morgan fingerprint density at radius 3 is 2.57 bits per heavy atom. The summed E-state index contributed by atoms with van der Waals surface area (Å²) in [7, 11) is 1.30. The fraction of sp³-hybridized carbons (Fsp3) is 0.438. The zero-order valence-corrected chi connectivity index (χ0v) is 12.7. The van der Waals surface area contributed by atoms with Gasteiger partial charge in [0.05, 0.1) is 13.2 Å². The predicted molar refractivity (Wildman–Crippen MR) is 77.7 cm³/mol. The van der Waals surface area contributed by atoms with Crippen molar-refractivity contribution in [2.75, 3.05) is 20.3 Å². The number of methoxy groups -OCH3 is 1. The summed E-state index contributed by atoms with van der Waals surface area (Å²) in [6.45, 7) is 0.172. The summed E-state index contributed by atoms with van der Waals surface area (Å²) in [4.78, 5) is 11.3. The fourth-order valence-electron chi connectivity index (χ4n) is 1.70. The van der Waals surface area contributed by atoms with Crippen molar-refractivity contribution < 1.29 is 32.2 Å². The molecule has 0 saturated carbocycles. The molecule has 0 heterocycles. The highest BCUT2D eigenvalue weighted by atomic mass is 19.4. The quantitative estimate of drug-likeness (QED) is 0.395. The number of allylic oxidation sites excluding steroid dienone is 1. The maximum atomic E-state index is 12.2. The van der Waals surface area contributed by atoms with Gasteiger partial charge in [-0.15, -0.1) is 0 Å². The van der Waals surface area contributed by atoms with Crippen molar-refractivity contribution in [2.24, 2.45) is 0 Å². The first kappa shape index (κ1) is 19.2. The van der Waals surface area contributed by atoms with Gasteiger partial charge in [-0.1, -0.05) is 30.3 Å². The van der Waals surface area contributed by atoms with Gasteiger partial charge in [0.1, 0.15) is 12.7 Å². The smallest absolute Gasteiger partial charge is 0.409 e. The Morgan fingerprint density at radius 2 is 1.96 bits per heavy atom. The van der Waals surface area contributed by atoms with Gasteiger partial charge in [-0.2, -0.15) is 13.2 Å². The second kappa shape index (κ2) is 10.0. The van der Waals surface area contributed by atoms with E-state index in [9.17, 15) is 18.0 Å². The van der Waals surface area contributed by atoms with Gasteiger partial charge >= 0.3 is 12.1 Å². The summed E-state index contributed by atoms with van der Waals surface area (Å²) >= 11 is 0. The van der Waals surface area contributed by atoms with E-state index in [1.807, 2.05) is 30.3 Å². The molecule has 0 aliphatic carbocycles.